The molecule has 0 atom stereocenters. The minimum atomic E-state index is -0.213. The van der Waals surface area contributed by atoms with Crippen molar-refractivity contribution >= 4 is 15.9 Å². The summed E-state index contributed by atoms with van der Waals surface area (Å²) in [5.74, 6) is 0.675. The molecule has 0 saturated heterocycles. The summed E-state index contributed by atoms with van der Waals surface area (Å²) >= 11 is 3.37. The summed E-state index contributed by atoms with van der Waals surface area (Å²) in [6, 6.07) is 7.35. The molecule has 0 aliphatic rings. The molecule has 1 aromatic heterocycles. The van der Waals surface area contributed by atoms with Crippen LogP contribution >= 0.6 is 15.9 Å². The third-order valence-corrected chi connectivity index (χ3v) is 3.05. The average molecular weight is 309 g/mol. The largest absolute Gasteiger partial charge is 0.433 e. The van der Waals surface area contributed by atoms with E-state index in [4.69, 9.17) is 4.74 Å². The van der Waals surface area contributed by atoms with Gasteiger partial charge >= 0.3 is 5.56 Å². The van der Waals surface area contributed by atoms with Gasteiger partial charge in [0.2, 0.25) is 0 Å². The van der Waals surface area contributed by atoms with Gasteiger partial charge in [-0.05, 0) is 34.5 Å². The van der Waals surface area contributed by atoms with Crippen molar-refractivity contribution in [3.63, 3.8) is 0 Å². The Morgan fingerprint density at radius 3 is 2.89 bits per heavy atom. The lowest BCUT2D eigenvalue weighted by atomic mass is 10.3. The van der Waals surface area contributed by atoms with E-state index in [-0.39, 0.29) is 11.4 Å². The fraction of sp³-hybridized carbons (Fsp3) is 0.231. The molecule has 94 valence electrons. The summed E-state index contributed by atoms with van der Waals surface area (Å²) < 4.78 is 7.92. The molecule has 0 radical (unpaired) electrons. The highest BCUT2D eigenvalue weighted by Crippen LogP contribution is 2.26. The second-order valence-corrected chi connectivity index (χ2v) is 4.62. The lowest BCUT2D eigenvalue weighted by molar-refractivity contribution is 0.441. The molecule has 0 N–H and O–H groups in total. The Bertz CT molecular complexity index is 596. The number of halogens is 1. The molecule has 0 aliphatic heterocycles. The maximum atomic E-state index is 12.0. The summed E-state index contributed by atoms with van der Waals surface area (Å²) in [6.07, 6.45) is 4.13. The average Bonchev–Trinajstić information content (AvgIpc) is 2.37. The van der Waals surface area contributed by atoms with E-state index in [0.29, 0.717) is 12.3 Å². The summed E-state index contributed by atoms with van der Waals surface area (Å²) in [5, 5.41) is 0. The van der Waals surface area contributed by atoms with Crippen molar-refractivity contribution in [2.75, 3.05) is 0 Å². The van der Waals surface area contributed by atoms with Crippen LogP contribution in [0.15, 0.2) is 45.9 Å². The van der Waals surface area contributed by atoms with E-state index < -0.39 is 0 Å². The van der Waals surface area contributed by atoms with Crippen molar-refractivity contribution in [1.29, 1.82) is 0 Å². The Morgan fingerprint density at radius 2 is 2.17 bits per heavy atom. The zero-order valence-corrected chi connectivity index (χ0v) is 11.6. The van der Waals surface area contributed by atoms with Gasteiger partial charge in [-0.15, -0.1) is 0 Å². The van der Waals surface area contributed by atoms with Crippen molar-refractivity contribution in [3.8, 4) is 11.6 Å². The second-order valence-electron chi connectivity index (χ2n) is 3.76. The van der Waals surface area contributed by atoms with Gasteiger partial charge in [0.15, 0.2) is 0 Å². The van der Waals surface area contributed by atoms with Crippen LogP contribution < -0.4 is 10.3 Å². The standard InChI is InChI=1S/C13H13BrN2O2/c1-2-8-16-9-7-15-12(13(16)17)18-11-6-4-3-5-10(11)14/h3-7,9H,2,8H2,1H3. The molecular weight excluding hydrogens is 296 g/mol. The summed E-state index contributed by atoms with van der Waals surface area (Å²) in [5.41, 5.74) is -0.213. The molecule has 0 unspecified atom stereocenters. The molecule has 18 heavy (non-hydrogen) atoms. The van der Waals surface area contributed by atoms with E-state index >= 15 is 0 Å². The van der Waals surface area contributed by atoms with Gasteiger partial charge < -0.3 is 9.30 Å². The lowest BCUT2D eigenvalue weighted by Crippen LogP contribution is -2.21. The topological polar surface area (TPSA) is 44.1 Å². The number of para-hydroxylation sites is 1. The zero-order valence-electron chi connectivity index (χ0n) is 9.97. The van der Waals surface area contributed by atoms with E-state index in [2.05, 4.69) is 20.9 Å². The number of hydrogen-bond donors (Lipinski definition) is 0. The van der Waals surface area contributed by atoms with Crippen LogP contribution in [0.3, 0.4) is 0 Å². The number of nitrogens with zero attached hydrogens (tertiary/aromatic N) is 2. The van der Waals surface area contributed by atoms with Crippen LogP contribution in [0, 0.1) is 0 Å². The van der Waals surface area contributed by atoms with Crippen LogP contribution in [-0.2, 0) is 6.54 Å². The first-order valence-electron chi connectivity index (χ1n) is 5.70. The van der Waals surface area contributed by atoms with Gasteiger partial charge in [-0.2, -0.15) is 0 Å². The van der Waals surface area contributed by atoms with Gasteiger partial charge in [-0.3, -0.25) is 4.79 Å². The molecule has 4 nitrogen and oxygen atoms in total. The van der Waals surface area contributed by atoms with Crippen molar-refractivity contribution in [3.05, 3.63) is 51.5 Å². The summed E-state index contributed by atoms with van der Waals surface area (Å²) in [4.78, 5) is 16.0. The molecule has 1 aromatic carbocycles. The Balaban J connectivity index is 2.33. The number of ether oxygens (including phenoxy) is 1. The monoisotopic (exact) mass is 308 g/mol. The molecule has 0 spiro atoms. The molecule has 0 saturated carbocycles. The number of aryl methyl sites for hydroxylation is 1. The van der Waals surface area contributed by atoms with Gasteiger partial charge in [0.05, 0.1) is 4.47 Å². The van der Waals surface area contributed by atoms with E-state index in [1.807, 2.05) is 25.1 Å². The smallest absolute Gasteiger partial charge is 0.313 e. The molecule has 5 heteroatoms. The number of aromatic nitrogens is 2. The van der Waals surface area contributed by atoms with Crippen molar-refractivity contribution in [2.24, 2.45) is 0 Å². The van der Waals surface area contributed by atoms with Gasteiger partial charge in [-0.1, -0.05) is 19.1 Å². The quantitative estimate of drug-likeness (QED) is 0.871. The molecule has 0 bridgehead atoms. The first kappa shape index (κ1) is 12.8. The van der Waals surface area contributed by atoms with Gasteiger partial charge in [0.1, 0.15) is 5.75 Å². The van der Waals surface area contributed by atoms with Gasteiger partial charge in [-0.25, -0.2) is 4.98 Å². The highest BCUT2D eigenvalue weighted by molar-refractivity contribution is 9.10. The maximum absolute atomic E-state index is 12.0. The normalized spacial score (nSPS) is 10.3. The molecular formula is C13H13BrN2O2. The van der Waals surface area contributed by atoms with Crippen LogP contribution in [0.2, 0.25) is 0 Å². The fourth-order valence-electron chi connectivity index (χ4n) is 1.55. The van der Waals surface area contributed by atoms with Crippen LogP contribution in [0.25, 0.3) is 0 Å². The molecule has 0 amide bonds. The molecule has 0 aliphatic carbocycles. The third kappa shape index (κ3) is 2.79. The Hall–Kier alpha value is -1.62. The minimum Gasteiger partial charge on any atom is -0.433 e. The predicted octanol–water partition coefficient (Wildman–Crippen LogP) is 3.21. The molecule has 0 fully saturated rings. The van der Waals surface area contributed by atoms with E-state index in [1.165, 1.54) is 0 Å². The Labute approximate surface area is 113 Å². The van der Waals surface area contributed by atoms with Crippen molar-refractivity contribution < 1.29 is 4.74 Å². The fourth-order valence-corrected chi connectivity index (χ4v) is 1.91. The summed E-state index contributed by atoms with van der Waals surface area (Å²) in [7, 11) is 0. The van der Waals surface area contributed by atoms with Crippen LogP contribution in [0.1, 0.15) is 13.3 Å². The van der Waals surface area contributed by atoms with Gasteiger partial charge in [0, 0.05) is 18.9 Å². The minimum absolute atomic E-state index is 0.0952. The van der Waals surface area contributed by atoms with Crippen LogP contribution in [0.4, 0.5) is 0 Å². The Kier molecular flexibility index (Phi) is 4.15. The molecule has 2 rings (SSSR count). The zero-order chi connectivity index (χ0) is 13.0. The summed E-state index contributed by atoms with van der Waals surface area (Å²) in [6.45, 7) is 2.68. The SMILES string of the molecule is CCCn1ccnc(Oc2ccccc2Br)c1=O. The second kappa shape index (κ2) is 5.82. The number of hydrogen-bond acceptors (Lipinski definition) is 3. The third-order valence-electron chi connectivity index (χ3n) is 2.39. The highest BCUT2D eigenvalue weighted by Gasteiger charge is 2.08. The van der Waals surface area contributed by atoms with E-state index in [0.717, 1.165) is 10.9 Å². The highest BCUT2D eigenvalue weighted by atomic mass is 79.9. The van der Waals surface area contributed by atoms with Crippen LogP contribution in [0.5, 0.6) is 11.6 Å². The predicted molar refractivity (Wildman–Crippen MR) is 73.0 cm³/mol. The van der Waals surface area contributed by atoms with Crippen LogP contribution in [-0.4, -0.2) is 9.55 Å². The molecule has 2 aromatic rings. The number of rotatable bonds is 4. The Morgan fingerprint density at radius 1 is 1.39 bits per heavy atom. The maximum Gasteiger partial charge on any atom is 0.313 e. The van der Waals surface area contributed by atoms with Crippen molar-refractivity contribution in [2.45, 2.75) is 19.9 Å². The molecule has 1 heterocycles. The first-order chi connectivity index (χ1) is 8.72. The van der Waals surface area contributed by atoms with E-state index in [1.54, 1.807) is 23.0 Å². The number of benzene rings is 1. The van der Waals surface area contributed by atoms with Crippen molar-refractivity contribution in [1.82, 2.24) is 9.55 Å². The van der Waals surface area contributed by atoms with E-state index in [9.17, 15) is 4.79 Å². The lowest BCUT2D eigenvalue weighted by Gasteiger charge is -2.08. The van der Waals surface area contributed by atoms with Gasteiger partial charge in [0.25, 0.3) is 5.88 Å². The first-order valence-corrected chi connectivity index (χ1v) is 6.49.